The quantitative estimate of drug-likeness (QED) is 0.683. The lowest BCUT2D eigenvalue weighted by atomic mass is 10.0. The predicted molar refractivity (Wildman–Crippen MR) is 75.2 cm³/mol. The van der Waals surface area contributed by atoms with Crippen LogP contribution in [0.1, 0.15) is 22.3 Å². The summed E-state index contributed by atoms with van der Waals surface area (Å²) in [7, 11) is 4.67. The smallest absolute Gasteiger partial charge is 0.320 e. The molecule has 0 spiro atoms. The molecule has 1 amide bonds. The monoisotopic (exact) mass is 280 g/mol. The van der Waals surface area contributed by atoms with Crippen molar-refractivity contribution < 1.29 is 19.4 Å². The Balaban J connectivity index is 2.83. The molecule has 0 aliphatic rings. The first-order chi connectivity index (χ1) is 9.53. The first-order valence-electron chi connectivity index (χ1n) is 6.32. The van der Waals surface area contributed by atoms with Crippen LogP contribution in [0, 0.1) is 0 Å². The molecule has 0 radical (unpaired) electrons. The summed E-state index contributed by atoms with van der Waals surface area (Å²) in [5.41, 5.74) is 1.39. The average molecular weight is 280 g/mol. The first-order valence-corrected chi connectivity index (χ1v) is 6.32. The van der Waals surface area contributed by atoms with Gasteiger partial charge in [0.1, 0.15) is 11.8 Å². The van der Waals surface area contributed by atoms with Gasteiger partial charge in [-0.3, -0.25) is 9.59 Å². The molecule has 6 nitrogen and oxygen atoms in total. The summed E-state index contributed by atoms with van der Waals surface area (Å²) in [6.45, 7) is 0. The molecule has 0 aromatic heterocycles. The molecule has 0 aliphatic heterocycles. The molecular formula is C14H20N2O4. The van der Waals surface area contributed by atoms with Crippen molar-refractivity contribution in [3.8, 4) is 5.75 Å². The Morgan fingerprint density at radius 2 is 2.05 bits per heavy atom. The highest BCUT2D eigenvalue weighted by Crippen LogP contribution is 2.21. The Bertz CT molecular complexity index is 488. The normalized spacial score (nSPS) is 11.8. The third-order valence-corrected chi connectivity index (χ3v) is 3.11. The van der Waals surface area contributed by atoms with E-state index in [1.54, 1.807) is 26.2 Å². The van der Waals surface area contributed by atoms with Gasteiger partial charge in [-0.15, -0.1) is 0 Å². The van der Waals surface area contributed by atoms with Gasteiger partial charge in [0.25, 0.3) is 5.91 Å². The average Bonchev–Trinajstić information content (AvgIpc) is 2.46. The second kappa shape index (κ2) is 7.49. The SMILES string of the molecule is CNC(=O)c1ccc(CC[C@H](NC)C(=O)O)cc1OC. The number of amides is 1. The number of carboxylic acid groups (broad SMARTS) is 1. The molecule has 1 rings (SSSR count). The number of likely N-dealkylation sites (N-methyl/N-ethyl adjacent to an activating group) is 1. The van der Waals surface area contributed by atoms with Crippen LogP contribution < -0.4 is 15.4 Å². The second-order valence-electron chi connectivity index (χ2n) is 4.33. The number of carboxylic acids is 1. The van der Waals surface area contributed by atoms with Gasteiger partial charge < -0.3 is 20.5 Å². The van der Waals surface area contributed by atoms with Crippen molar-refractivity contribution in [1.29, 1.82) is 0 Å². The molecule has 110 valence electrons. The number of ether oxygens (including phenoxy) is 1. The fourth-order valence-corrected chi connectivity index (χ4v) is 1.92. The van der Waals surface area contributed by atoms with Gasteiger partial charge in [0.15, 0.2) is 0 Å². The number of methoxy groups -OCH3 is 1. The molecule has 0 bridgehead atoms. The first kappa shape index (κ1) is 16.0. The summed E-state index contributed by atoms with van der Waals surface area (Å²) in [6, 6.07) is 4.67. The van der Waals surface area contributed by atoms with Gasteiger partial charge in [-0.05, 0) is 37.6 Å². The van der Waals surface area contributed by atoms with Crippen LogP contribution in [0.5, 0.6) is 5.75 Å². The number of nitrogens with one attached hydrogen (secondary N) is 2. The van der Waals surface area contributed by atoms with Crippen molar-refractivity contribution in [2.45, 2.75) is 18.9 Å². The number of carbonyl (C=O) groups is 2. The molecule has 0 unspecified atom stereocenters. The molecule has 6 heteroatoms. The Hall–Kier alpha value is -2.08. The van der Waals surface area contributed by atoms with E-state index in [0.29, 0.717) is 24.2 Å². The summed E-state index contributed by atoms with van der Waals surface area (Å²) < 4.78 is 5.20. The molecule has 1 aromatic rings. The van der Waals surface area contributed by atoms with Gasteiger partial charge in [-0.1, -0.05) is 6.07 Å². The highest BCUT2D eigenvalue weighted by molar-refractivity contribution is 5.96. The van der Waals surface area contributed by atoms with Crippen LogP contribution in [0.2, 0.25) is 0 Å². The third kappa shape index (κ3) is 3.96. The molecule has 0 aliphatic carbocycles. The molecular weight excluding hydrogens is 260 g/mol. The lowest BCUT2D eigenvalue weighted by molar-refractivity contribution is -0.139. The maximum atomic E-state index is 11.6. The second-order valence-corrected chi connectivity index (χ2v) is 4.33. The van der Waals surface area contributed by atoms with E-state index in [1.807, 2.05) is 6.07 Å². The van der Waals surface area contributed by atoms with E-state index < -0.39 is 12.0 Å². The minimum Gasteiger partial charge on any atom is -0.496 e. The van der Waals surface area contributed by atoms with E-state index in [1.165, 1.54) is 7.11 Å². The minimum absolute atomic E-state index is 0.216. The summed E-state index contributed by atoms with van der Waals surface area (Å²) >= 11 is 0. The lowest BCUT2D eigenvalue weighted by Gasteiger charge is -2.12. The van der Waals surface area contributed by atoms with E-state index in [9.17, 15) is 9.59 Å². The Morgan fingerprint density at radius 1 is 1.35 bits per heavy atom. The zero-order valence-corrected chi connectivity index (χ0v) is 11.9. The number of aryl methyl sites for hydroxylation is 1. The van der Waals surface area contributed by atoms with Crippen LogP contribution in [-0.2, 0) is 11.2 Å². The maximum Gasteiger partial charge on any atom is 0.320 e. The number of aliphatic carboxylic acids is 1. The van der Waals surface area contributed by atoms with Crippen molar-refractivity contribution in [2.75, 3.05) is 21.2 Å². The minimum atomic E-state index is -0.874. The molecule has 20 heavy (non-hydrogen) atoms. The van der Waals surface area contributed by atoms with Gasteiger partial charge >= 0.3 is 5.97 Å². The Kier molecular flexibility index (Phi) is 5.99. The summed E-state index contributed by atoms with van der Waals surface area (Å²) in [6.07, 6.45) is 1.05. The molecule has 0 saturated carbocycles. The number of rotatable bonds is 7. The van der Waals surface area contributed by atoms with Crippen molar-refractivity contribution in [1.82, 2.24) is 10.6 Å². The molecule has 0 heterocycles. The Labute approximate surface area is 118 Å². The fourth-order valence-electron chi connectivity index (χ4n) is 1.92. The standard InChI is InChI=1S/C14H20N2O4/c1-15-11(14(18)19)7-5-9-4-6-10(13(17)16-2)12(8-9)20-3/h4,6,8,11,15H,5,7H2,1-3H3,(H,16,17)(H,18,19)/t11-/m0/s1. The van der Waals surface area contributed by atoms with E-state index in [-0.39, 0.29) is 5.91 Å². The highest BCUT2D eigenvalue weighted by Gasteiger charge is 2.16. The zero-order valence-electron chi connectivity index (χ0n) is 11.9. The molecule has 3 N–H and O–H groups in total. The van der Waals surface area contributed by atoms with Crippen LogP contribution in [0.25, 0.3) is 0 Å². The van der Waals surface area contributed by atoms with Gasteiger partial charge in [-0.25, -0.2) is 0 Å². The van der Waals surface area contributed by atoms with E-state index in [2.05, 4.69) is 10.6 Å². The number of hydrogen-bond donors (Lipinski definition) is 3. The molecule has 1 atom stereocenters. The molecule has 0 saturated heterocycles. The molecule has 1 aromatic carbocycles. The van der Waals surface area contributed by atoms with Gasteiger partial charge in [0, 0.05) is 7.05 Å². The van der Waals surface area contributed by atoms with Crippen LogP contribution >= 0.6 is 0 Å². The van der Waals surface area contributed by atoms with E-state index >= 15 is 0 Å². The summed E-state index contributed by atoms with van der Waals surface area (Å²) in [4.78, 5) is 22.5. The van der Waals surface area contributed by atoms with E-state index in [0.717, 1.165) is 5.56 Å². The van der Waals surface area contributed by atoms with Crippen molar-refractivity contribution in [3.05, 3.63) is 29.3 Å². The lowest BCUT2D eigenvalue weighted by Crippen LogP contribution is -2.34. The number of carbonyl (C=O) groups excluding carboxylic acids is 1. The van der Waals surface area contributed by atoms with Crippen molar-refractivity contribution in [3.63, 3.8) is 0 Å². The van der Waals surface area contributed by atoms with Crippen LogP contribution in [0.15, 0.2) is 18.2 Å². The van der Waals surface area contributed by atoms with Crippen molar-refractivity contribution >= 4 is 11.9 Å². The van der Waals surface area contributed by atoms with E-state index in [4.69, 9.17) is 9.84 Å². The van der Waals surface area contributed by atoms with Crippen molar-refractivity contribution in [2.24, 2.45) is 0 Å². The van der Waals surface area contributed by atoms with Gasteiger partial charge in [0.2, 0.25) is 0 Å². The van der Waals surface area contributed by atoms with Crippen LogP contribution in [0.3, 0.4) is 0 Å². The Morgan fingerprint density at radius 3 is 2.55 bits per heavy atom. The third-order valence-electron chi connectivity index (χ3n) is 3.11. The van der Waals surface area contributed by atoms with Crippen LogP contribution in [-0.4, -0.2) is 44.2 Å². The number of benzene rings is 1. The topological polar surface area (TPSA) is 87.7 Å². The van der Waals surface area contributed by atoms with Crippen LogP contribution in [0.4, 0.5) is 0 Å². The highest BCUT2D eigenvalue weighted by atomic mass is 16.5. The summed E-state index contributed by atoms with van der Waals surface area (Å²) in [5, 5.41) is 14.2. The molecule has 0 fully saturated rings. The zero-order chi connectivity index (χ0) is 15.1. The van der Waals surface area contributed by atoms with Gasteiger partial charge in [0.05, 0.1) is 12.7 Å². The summed E-state index contributed by atoms with van der Waals surface area (Å²) in [5.74, 6) is -0.605. The van der Waals surface area contributed by atoms with Gasteiger partial charge in [-0.2, -0.15) is 0 Å². The largest absolute Gasteiger partial charge is 0.496 e. The maximum absolute atomic E-state index is 11.6. The predicted octanol–water partition coefficient (Wildman–Crippen LogP) is 0.660. The number of hydrogen-bond acceptors (Lipinski definition) is 4. The fraction of sp³-hybridized carbons (Fsp3) is 0.429.